The summed E-state index contributed by atoms with van der Waals surface area (Å²) in [4.78, 5) is 28.0. The SMILES string of the molecule is CCc1cnc(N2CC[C@]3(C2)CN(c2ccsc2)C(=O)CN3C)nc1. The molecule has 0 radical (unpaired) electrons. The number of carbonyl (C=O) groups excluding carboxylic acids is 1. The third kappa shape index (κ3) is 2.91. The summed E-state index contributed by atoms with van der Waals surface area (Å²) < 4.78 is 0. The van der Waals surface area contributed by atoms with E-state index in [4.69, 9.17) is 0 Å². The van der Waals surface area contributed by atoms with Crippen LogP contribution in [0, 0.1) is 0 Å². The molecule has 1 atom stereocenters. The Balaban J connectivity index is 1.55. The van der Waals surface area contributed by atoms with E-state index in [1.165, 1.54) is 0 Å². The number of aryl methyl sites for hydroxylation is 1. The van der Waals surface area contributed by atoms with Gasteiger partial charge in [-0.2, -0.15) is 11.3 Å². The monoisotopic (exact) mass is 357 g/mol. The van der Waals surface area contributed by atoms with Crippen molar-refractivity contribution < 1.29 is 4.79 Å². The van der Waals surface area contributed by atoms with E-state index in [-0.39, 0.29) is 11.4 Å². The van der Waals surface area contributed by atoms with Crippen LogP contribution in [0.2, 0.25) is 0 Å². The summed E-state index contributed by atoms with van der Waals surface area (Å²) >= 11 is 1.63. The Hall–Kier alpha value is -1.99. The standard InChI is InChI=1S/C18H23N5OS/c1-3-14-8-19-17(20-9-14)22-6-5-18(12-22)13-23(15-4-7-25-11-15)16(24)10-21(18)2/h4,7-9,11H,3,5-6,10,12-13H2,1-2H3/t18-/m0/s1. The van der Waals surface area contributed by atoms with Crippen LogP contribution in [0.5, 0.6) is 0 Å². The molecule has 2 aliphatic heterocycles. The van der Waals surface area contributed by atoms with Crippen LogP contribution in [0.4, 0.5) is 11.6 Å². The normalized spacial score (nSPS) is 24.5. The molecule has 4 rings (SSSR count). The summed E-state index contributed by atoms with van der Waals surface area (Å²) in [5.41, 5.74) is 2.13. The highest BCUT2D eigenvalue weighted by Gasteiger charge is 2.48. The predicted octanol–water partition coefficient (Wildman–Crippen LogP) is 2.03. The molecule has 2 aromatic heterocycles. The number of hydrogen-bond donors (Lipinski definition) is 0. The number of nitrogens with zero attached hydrogens (tertiary/aromatic N) is 5. The van der Waals surface area contributed by atoms with Gasteiger partial charge in [0.1, 0.15) is 0 Å². The molecule has 132 valence electrons. The maximum Gasteiger partial charge on any atom is 0.241 e. The predicted molar refractivity (Wildman–Crippen MR) is 100 cm³/mol. The first kappa shape index (κ1) is 16.5. The minimum atomic E-state index is -0.0391. The first-order valence-corrected chi connectivity index (χ1v) is 9.65. The van der Waals surface area contributed by atoms with Crippen LogP contribution >= 0.6 is 11.3 Å². The molecular weight excluding hydrogens is 334 g/mol. The van der Waals surface area contributed by atoms with Crippen molar-refractivity contribution in [3.05, 3.63) is 34.8 Å². The molecule has 0 aliphatic carbocycles. The lowest BCUT2D eigenvalue weighted by molar-refractivity contribution is -0.123. The molecule has 0 saturated carbocycles. The van der Waals surface area contributed by atoms with E-state index in [2.05, 4.69) is 39.1 Å². The van der Waals surface area contributed by atoms with Gasteiger partial charge >= 0.3 is 0 Å². The van der Waals surface area contributed by atoms with Gasteiger partial charge in [-0.05, 0) is 36.9 Å². The zero-order chi connectivity index (χ0) is 17.4. The molecule has 0 unspecified atom stereocenters. The number of rotatable bonds is 3. The maximum absolute atomic E-state index is 12.5. The molecule has 1 amide bonds. The molecule has 2 saturated heterocycles. The van der Waals surface area contributed by atoms with Crippen LogP contribution in [0.3, 0.4) is 0 Å². The molecule has 7 heteroatoms. The van der Waals surface area contributed by atoms with E-state index in [0.717, 1.165) is 49.7 Å². The molecule has 25 heavy (non-hydrogen) atoms. The van der Waals surface area contributed by atoms with E-state index in [1.807, 2.05) is 28.7 Å². The van der Waals surface area contributed by atoms with Crippen molar-refractivity contribution in [2.75, 3.05) is 43.0 Å². The second-order valence-corrected chi connectivity index (χ2v) is 7.74. The van der Waals surface area contributed by atoms with Gasteiger partial charge in [0.05, 0.1) is 17.8 Å². The molecule has 6 nitrogen and oxygen atoms in total. The second-order valence-electron chi connectivity index (χ2n) is 6.96. The van der Waals surface area contributed by atoms with Crippen molar-refractivity contribution in [1.82, 2.24) is 14.9 Å². The highest BCUT2D eigenvalue weighted by atomic mass is 32.1. The molecule has 2 aliphatic rings. The Bertz CT molecular complexity index is 747. The van der Waals surface area contributed by atoms with Crippen molar-refractivity contribution in [3.8, 4) is 0 Å². The number of likely N-dealkylation sites (N-methyl/N-ethyl adjacent to an activating group) is 1. The molecular formula is C18H23N5OS. The van der Waals surface area contributed by atoms with E-state index in [1.54, 1.807) is 11.3 Å². The second kappa shape index (κ2) is 6.38. The number of piperazine rings is 1. The first-order valence-electron chi connectivity index (χ1n) is 8.71. The summed E-state index contributed by atoms with van der Waals surface area (Å²) in [5.74, 6) is 0.968. The Kier molecular flexibility index (Phi) is 4.21. The van der Waals surface area contributed by atoms with Crippen LogP contribution in [0.1, 0.15) is 18.9 Å². The molecule has 2 fully saturated rings. The van der Waals surface area contributed by atoms with E-state index < -0.39 is 0 Å². The number of aromatic nitrogens is 2. The van der Waals surface area contributed by atoms with Crippen LogP contribution in [0.25, 0.3) is 0 Å². The highest BCUT2D eigenvalue weighted by molar-refractivity contribution is 7.08. The van der Waals surface area contributed by atoms with Gasteiger partial charge in [-0.25, -0.2) is 9.97 Å². The van der Waals surface area contributed by atoms with Gasteiger partial charge in [0, 0.05) is 37.4 Å². The maximum atomic E-state index is 12.5. The number of thiophene rings is 1. The largest absolute Gasteiger partial charge is 0.339 e. The van der Waals surface area contributed by atoms with E-state index in [9.17, 15) is 4.79 Å². The summed E-state index contributed by atoms with van der Waals surface area (Å²) in [7, 11) is 2.06. The summed E-state index contributed by atoms with van der Waals surface area (Å²) in [6.07, 6.45) is 5.79. The lowest BCUT2D eigenvalue weighted by atomic mass is 9.93. The van der Waals surface area contributed by atoms with Gasteiger partial charge in [-0.1, -0.05) is 6.92 Å². The van der Waals surface area contributed by atoms with E-state index in [0.29, 0.717) is 6.54 Å². The van der Waals surface area contributed by atoms with Crippen molar-refractivity contribution in [2.24, 2.45) is 0 Å². The van der Waals surface area contributed by atoms with Crippen molar-refractivity contribution in [1.29, 1.82) is 0 Å². The quantitative estimate of drug-likeness (QED) is 0.841. The Morgan fingerprint density at radius 1 is 1.28 bits per heavy atom. The molecule has 4 heterocycles. The van der Waals surface area contributed by atoms with Crippen molar-refractivity contribution in [3.63, 3.8) is 0 Å². The minimum absolute atomic E-state index is 0.0391. The Morgan fingerprint density at radius 2 is 2.08 bits per heavy atom. The Labute approximate surface area is 152 Å². The molecule has 0 bridgehead atoms. The number of hydrogen-bond acceptors (Lipinski definition) is 6. The molecule has 0 N–H and O–H groups in total. The summed E-state index contributed by atoms with van der Waals surface area (Å²) in [6, 6.07) is 2.03. The van der Waals surface area contributed by atoms with Crippen LogP contribution < -0.4 is 9.80 Å². The van der Waals surface area contributed by atoms with Crippen LogP contribution in [-0.4, -0.2) is 59.5 Å². The summed E-state index contributed by atoms with van der Waals surface area (Å²) in [6.45, 7) is 5.06. The molecule has 0 aromatic carbocycles. The third-order valence-corrected chi connectivity index (χ3v) is 6.14. The van der Waals surface area contributed by atoms with Crippen LogP contribution in [-0.2, 0) is 11.2 Å². The summed E-state index contributed by atoms with van der Waals surface area (Å²) in [5, 5.41) is 4.08. The van der Waals surface area contributed by atoms with Gasteiger partial charge in [0.2, 0.25) is 11.9 Å². The van der Waals surface area contributed by atoms with Gasteiger partial charge in [-0.3, -0.25) is 9.69 Å². The van der Waals surface area contributed by atoms with Crippen LogP contribution in [0.15, 0.2) is 29.2 Å². The lowest BCUT2D eigenvalue weighted by Crippen LogP contribution is -2.64. The minimum Gasteiger partial charge on any atom is -0.339 e. The smallest absolute Gasteiger partial charge is 0.241 e. The fourth-order valence-electron chi connectivity index (χ4n) is 3.77. The van der Waals surface area contributed by atoms with Crippen molar-refractivity contribution >= 4 is 28.9 Å². The molecule has 1 spiro atoms. The van der Waals surface area contributed by atoms with E-state index >= 15 is 0 Å². The zero-order valence-corrected chi connectivity index (χ0v) is 15.5. The fraction of sp³-hybridized carbons (Fsp3) is 0.500. The third-order valence-electron chi connectivity index (χ3n) is 5.47. The van der Waals surface area contributed by atoms with Crippen molar-refractivity contribution in [2.45, 2.75) is 25.3 Å². The average Bonchev–Trinajstić information content (AvgIpc) is 3.29. The van der Waals surface area contributed by atoms with Gasteiger partial charge in [-0.15, -0.1) is 0 Å². The number of anilines is 2. The highest BCUT2D eigenvalue weighted by Crippen LogP contribution is 2.35. The number of amides is 1. The first-order chi connectivity index (χ1) is 12.1. The zero-order valence-electron chi connectivity index (χ0n) is 14.7. The topological polar surface area (TPSA) is 52.6 Å². The average molecular weight is 357 g/mol. The Morgan fingerprint density at radius 3 is 2.76 bits per heavy atom. The fourth-order valence-corrected chi connectivity index (χ4v) is 4.41. The number of carbonyl (C=O) groups is 1. The van der Waals surface area contributed by atoms with Gasteiger partial charge in [0.15, 0.2) is 0 Å². The van der Waals surface area contributed by atoms with Gasteiger partial charge < -0.3 is 9.80 Å². The molecule has 2 aromatic rings. The van der Waals surface area contributed by atoms with Gasteiger partial charge in [0.25, 0.3) is 0 Å². The lowest BCUT2D eigenvalue weighted by Gasteiger charge is -2.46.